The van der Waals surface area contributed by atoms with Crippen LogP contribution in [0.25, 0.3) is 11.5 Å². The zero-order valence-corrected chi connectivity index (χ0v) is 20.1. The summed E-state index contributed by atoms with van der Waals surface area (Å²) in [7, 11) is 0. The number of H-pyrrole nitrogens is 1. The quantitative estimate of drug-likeness (QED) is 0.344. The van der Waals surface area contributed by atoms with E-state index in [1.807, 2.05) is 6.92 Å². The van der Waals surface area contributed by atoms with Crippen LogP contribution < -0.4 is 5.32 Å². The summed E-state index contributed by atoms with van der Waals surface area (Å²) in [6.07, 6.45) is 4.59. The molecule has 0 spiro atoms. The number of ketones is 1. The number of carbonyl (C=O) groups excluding carboxylic acids is 2. The van der Waals surface area contributed by atoms with Gasteiger partial charge in [-0.25, -0.2) is 4.79 Å². The van der Waals surface area contributed by atoms with E-state index in [0.717, 1.165) is 4.90 Å². The molecule has 3 N–H and O–H groups in total. The molecule has 0 radical (unpaired) electrons. The first-order valence-electron chi connectivity index (χ1n) is 11.3. The molecule has 3 heterocycles. The summed E-state index contributed by atoms with van der Waals surface area (Å²) in [5, 5.41) is 27.1. The molecular formula is C23H29N7O5. The second kappa shape index (κ2) is 10.9. The van der Waals surface area contributed by atoms with Gasteiger partial charge >= 0.3 is 6.09 Å². The molecule has 2 amide bonds. The summed E-state index contributed by atoms with van der Waals surface area (Å²) >= 11 is 0. The summed E-state index contributed by atoms with van der Waals surface area (Å²) in [4.78, 5) is 43.9. The van der Waals surface area contributed by atoms with E-state index in [2.05, 4.69) is 30.7 Å². The first-order chi connectivity index (χ1) is 16.7. The average Bonchev–Trinajstić information content (AvgIpc) is 3.51. The number of carboxylic acid groups (broad SMARTS) is 1. The average molecular weight is 484 g/mol. The van der Waals surface area contributed by atoms with Gasteiger partial charge in [0, 0.05) is 24.0 Å². The van der Waals surface area contributed by atoms with E-state index >= 15 is 0 Å². The minimum absolute atomic E-state index is 0.0285. The number of rotatable bonds is 11. The van der Waals surface area contributed by atoms with Gasteiger partial charge in [0.1, 0.15) is 17.9 Å². The van der Waals surface area contributed by atoms with E-state index in [4.69, 9.17) is 4.42 Å². The Morgan fingerprint density at radius 3 is 2.43 bits per heavy atom. The molecular weight excluding hydrogens is 454 g/mol. The van der Waals surface area contributed by atoms with Gasteiger partial charge in [-0.15, -0.1) is 10.2 Å². The molecule has 0 saturated carbocycles. The van der Waals surface area contributed by atoms with Gasteiger partial charge in [0.2, 0.25) is 17.6 Å². The lowest BCUT2D eigenvalue weighted by molar-refractivity contribution is -0.141. The van der Waals surface area contributed by atoms with Crippen molar-refractivity contribution in [1.29, 1.82) is 0 Å². The van der Waals surface area contributed by atoms with Crippen molar-refractivity contribution in [3.8, 4) is 11.5 Å². The molecule has 3 aromatic heterocycles. The predicted octanol–water partition coefficient (Wildman–Crippen LogP) is 3.69. The largest absolute Gasteiger partial charge is 0.465 e. The number of hydrogen-bond acceptors (Lipinski definition) is 8. The summed E-state index contributed by atoms with van der Waals surface area (Å²) < 4.78 is 5.82. The third-order valence-corrected chi connectivity index (χ3v) is 5.73. The van der Waals surface area contributed by atoms with Crippen LogP contribution in [0.2, 0.25) is 0 Å². The Bertz CT molecular complexity index is 1140. The van der Waals surface area contributed by atoms with Crippen molar-refractivity contribution in [1.82, 2.24) is 30.3 Å². The molecule has 0 aromatic carbocycles. The van der Waals surface area contributed by atoms with Crippen LogP contribution in [0.4, 0.5) is 10.6 Å². The Hall–Kier alpha value is -4.09. The van der Waals surface area contributed by atoms with E-state index in [1.54, 1.807) is 45.3 Å². The number of aromatic amines is 1. The van der Waals surface area contributed by atoms with Crippen LogP contribution >= 0.6 is 0 Å². The van der Waals surface area contributed by atoms with Crippen LogP contribution in [0.5, 0.6) is 0 Å². The molecule has 2 atom stereocenters. The maximum atomic E-state index is 13.5. The molecule has 0 bridgehead atoms. The normalized spacial score (nSPS) is 13.1. The molecule has 0 fully saturated rings. The first-order valence-corrected chi connectivity index (χ1v) is 11.3. The van der Waals surface area contributed by atoms with Gasteiger partial charge in [-0.05, 0) is 30.4 Å². The Balaban J connectivity index is 2.02. The van der Waals surface area contributed by atoms with Gasteiger partial charge in [0.05, 0.1) is 6.20 Å². The third-order valence-electron chi connectivity index (χ3n) is 5.73. The Kier molecular flexibility index (Phi) is 7.94. The summed E-state index contributed by atoms with van der Waals surface area (Å²) in [5.74, 6) is -1.40. The number of carbonyl (C=O) groups is 3. The molecule has 3 rings (SSSR count). The molecule has 12 nitrogen and oxygen atoms in total. The van der Waals surface area contributed by atoms with E-state index in [0.29, 0.717) is 18.4 Å². The van der Waals surface area contributed by atoms with Crippen LogP contribution in [0.1, 0.15) is 58.9 Å². The van der Waals surface area contributed by atoms with Crippen molar-refractivity contribution in [2.75, 3.05) is 5.32 Å². The third kappa shape index (κ3) is 5.70. The maximum Gasteiger partial charge on any atom is 0.408 e. The second-order valence-electron chi connectivity index (χ2n) is 8.73. The monoisotopic (exact) mass is 483 g/mol. The SMILES string of the molecule is CCCC(C)(C)[C@@H](C(=O)C(=O)Nc1ccn[nH]1)N(C(=O)O)[C@@H](CC)c1nnc(-c2ccncc2)o1. The number of amides is 2. The van der Waals surface area contributed by atoms with Gasteiger partial charge in [-0.1, -0.05) is 34.1 Å². The first kappa shape index (κ1) is 25.5. The number of anilines is 1. The molecule has 0 aliphatic carbocycles. The van der Waals surface area contributed by atoms with E-state index in [9.17, 15) is 19.5 Å². The van der Waals surface area contributed by atoms with Gasteiger partial charge in [-0.2, -0.15) is 5.10 Å². The van der Waals surface area contributed by atoms with Gasteiger partial charge in [0.15, 0.2) is 0 Å². The number of nitrogens with zero attached hydrogens (tertiary/aromatic N) is 5. The Morgan fingerprint density at radius 1 is 1.14 bits per heavy atom. The lowest BCUT2D eigenvalue weighted by Gasteiger charge is -2.41. The summed E-state index contributed by atoms with van der Waals surface area (Å²) in [6, 6.07) is 2.58. The number of aromatic nitrogens is 5. The highest BCUT2D eigenvalue weighted by Crippen LogP contribution is 2.37. The molecule has 0 saturated heterocycles. The van der Waals surface area contributed by atoms with Crippen molar-refractivity contribution >= 4 is 23.6 Å². The van der Waals surface area contributed by atoms with Crippen molar-refractivity contribution in [2.45, 2.75) is 59.0 Å². The van der Waals surface area contributed by atoms with Crippen LogP contribution in [-0.2, 0) is 9.59 Å². The van der Waals surface area contributed by atoms with Crippen LogP contribution in [0.15, 0.2) is 41.2 Å². The fraction of sp³-hybridized carbons (Fsp3) is 0.435. The van der Waals surface area contributed by atoms with Crippen LogP contribution in [-0.4, -0.2) is 59.2 Å². The minimum Gasteiger partial charge on any atom is -0.465 e. The number of Topliss-reactive ketones (excluding diaryl/α,β-unsaturated/α-hetero) is 1. The smallest absolute Gasteiger partial charge is 0.408 e. The second-order valence-corrected chi connectivity index (χ2v) is 8.73. The molecule has 0 unspecified atom stereocenters. The highest BCUT2D eigenvalue weighted by Gasteiger charge is 2.47. The molecule has 0 aliphatic heterocycles. The molecule has 12 heteroatoms. The van der Waals surface area contributed by atoms with Gasteiger partial charge in [-0.3, -0.25) is 24.6 Å². The van der Waals surface area contributed by atoms with Crippen LogP contribution in [0, 0.1) is 5.41 Å². The fourth-order valence-corrected chi connectivity index (χ4v) is 4.17. The highest BCUT2D eigenvalue weighted by atomic mass is 16.4. The zero-order chi connectivity index (χ0) is 25.6. The lowest BCUT2D eigenvalue weighted by atomic mass is 9.76. The van der Waals surface area contributed by atoms with Crippen LogP contribution in [0.3, 0.4) is 0 Å². The van der Waals surface area contributed by atoms with Gasteiger partial charge < -0.3 is 14.8 Å². The lowest BCUT2D eigenvalue weighted by Crippen LogP contribution is -2.56. The molecule has 0 aliphatic rings. The standard InChI is InChI=1S/C23H29N7O5/c1-5-10-23(3,4)18(17(31)19(32)26-16-9-13-25-27-16)30(22(33)34)15(6-2)21-29-28-20(35-21)14-7-11-24-12-8-14/h7-9,11-13,15,18H,5-6,10H2,1-4H3,(H,33,34)(H2,25,26,27,32)/t15-,18+/m0/s1. The van der Waals surface area contributed by atoms with Gasteiger partial charge in [0.25, 0.3) is 5.91 Å². The van der Waals surface area contributed by atoms with E-state index in [1.165, 1.54) is 12.3 Å². The molecule has 35 heavy (non-hydrogen) atoms. The summed E-state index contributed by atoms with van der Waals surface area (Å²) in [6.45, 7) is 7.20. The summed E-state index contributed by atoms with van der Waals surface area (Å²) in [5.41, 5.74) is -0.259. The van der Waals surface area contributed by atoms with E-state index in [-0.39, 0.29) is 24.0 Å². The predicted molar refractivity (Wildman–Crippen MR) is 125 cm³/mol. The van der Waals surface area contributed by atoms with E-state index < -0.39 is 35.3 Å². The van der Waals surface area contributed by atoms with Crippen molar-refractivity contribution in [2.24, 2.45) is 5.41 Å². The topological polar surface area (TPSA) is 167 Å². The highest BCUT2D eigenvalue weighted by molar-refractivity contribution is 6.42. The Morgan fingerprint density at radius 2 is 1.86 bits per heavy atom. The Labute approximate surface area is 202 Å². The number of nitrogens with one attached hydrogen (secondary N) is 2. The zero-order valence-electron chi connectivity index (χ0n) is 20.1. The van der Waals surface area contributed by atoms with Crippen molar-refractivity contribution < 1.29 is 23.9 Å². The fourth-order valence-electron chi connectivity index (χ4n) is 4.17. The molecule has 186 valence electrons. The number of hydrogen-bond donors (Lipinski definition) is 3. The minimum atomic E-state index is -1.38. The maximum absolute atomic E-state index is 13.5. The van der Waals surface area contributed by atoms with Crippen molar-refractivity contribution in [3.63, 3.8) is 0 Å². The number of pyridine rings is 1. The molecule has 3 aromatic rings. The van der Waals surface area contributed by atoms with Crippen molar-refractivity contribution in [3.05, 3.63) is 42.7 Å².